The van der Waals surface area contributed by atoms with Crippen LogP contribution in [-0.2, 0) is 11.2 Å². The molecule has 4 rings (SSSR count). The Morgan fingerprint density at radius 1 is 1.29 bits per heavy atom. The number of carbonyl (C=O) groups is 1. The fourth-order valence-corrected chi connectivity index (χ4v) is 4.15. The van der Waals surface area contributed by atoms with E-state index in [9.17, 15) is 4.79 Å². The zero-order valence-electron chi connectivity index (χ0n) is 14.0. The molecule has 2 fully saturated rings. The second-order valence-electron chi connectivity index (χ2n) is 6.90. The summed E-state index contributed by atoms with van der Waals surface area (Å²) in [4.78, 5) is 15.0. The van der Waals surface area contributed by atoms with Gasteiger partial charge in [-0.3, -0.25) is 4.79 Å². The van der Waals surface area contributed by atoms with Crippen molar-refractivity contribution in [2.45, 2.75) is 26.3 Å². The van der Waals surface area contributed by atoms with E-state index in [-0.39, 0.29) is 18.4 Å². The number of rotatable bonds is 3. The van der Waals surface area contributed by atoms with Crippen LogP contribution in [0.15, 0.2) is 28.9 Å². The van der Waals surface area contributed by atoms with Crippen molar-refractivity contribution < 1.29 is 9.42 Å². The van der Waals surface area contributed by atoms with Crippen molar-refractivity contribution in [3.63, 3.8) is 0 Å². The number of benzene rings is 1. The predicted octanol–water partition coefficient (Wildman–Crippen LogP) is 1.65. The smallest absolute Gasteiger partial charge is 0.229 e. The lowest BCUT2D eigenvalue weighted by Crippen LogP contribution is -2.36. The molecule has 6 nitrogen and oxygen atoms in total. The molecule has 3 heterocycles. The van der Waals surface area contributed by atoms with Gasteiger partial charge in [0.2, 0.25) is 5.91 Å². The van der Waals surface area contributed by atoms with E-state index in [0.717, 1.165) is 19.6 Å². The molecule has 0 bridgehead atoms. The third kappa shape index (κ3) is 2.51. The number of hydrogen-bond donors (Lipinski definition) is 1. The Morgan fingerprint density at radius 3 is 2.88 bits per heavy atom. The van der Waals surface area contributed by atoms with E-state index in [4.69, 9.17) is 4.63 Å². The van der Waals surface area contributed by atoms with Crippen LogP contribution in [0.4, 0.5) is 0 Å². The summed E-state index contributed by atoms with van der Waals surface area (Å²) in [6.07, 6.45) is 0.255. The third-order valence-corrected chi connectivity index (χ3v) is 5.46. The first-order valence-electron chi connectivity index (χ1n) is 8.49. The average Bonchev–Trinajstić information content (AvgIpc) is 3.25. The maximum absolute atomic E-state index is 13.0. The van der Waals surface area contributed by atoms with Crippen LogP contribution in [0.1, 0.15) is 28.6 Å². The van der Waals surface area contributed by atoms with Crippen LogP contribution in [0.2, 0.25) is 0 Å². The van der Waals surface area contributed by atoms with Gasteiger partial charge in [0.25, 0.3) is 0 Å². The van der Waals surface area contributed by atoms with Gasteiger partial charge in [0.1, 0.15) is 11.4 Å². The Balaban J connectivity index is 1.64. The lowest BCUT2D eigenvalue weighted by Gasteiger charge is -2.29. The summed E-state index contributed by atoms with van der Waals surface area (Å²) in [5.41, 5.74) is 3.83. The highest BCUT2D eigenvalue weighted by Gasteiger charge is 2.47. The quantitative estimate of drug-likeness (QED) is 0.928. The molecule has 2 aliphatic heterocycles. The number of likely N-dealkylation sites (tertiary alicyclic amines) is 1. The van der Waals surface area contributed by atoms with Gasteiger partial charge < -0.3 is 10.2 Å². The zero-order valence-corrected chi connectivity index (χ0v) is 14.0. The summed E-state index contributed by atoms with van der Waals surface area (Å²) < 4.78 is 4.73. The fraction of sp³-hybridized carbons (Fsp3) is 0.500. The van der Waals surface area contributed by atoms with Crippen LogP contribution < -0.4 is 5.32 Å². The number of nitrogens with one attached hydrogen (secondary N) is 1. The van der Waals surface area contributed by atoms with Crippen molar-refractivity contribution in [3.8, 4) is 0 Å². The van der Waals surface area contributed by atoms with Gasteiger partial charge in [0, 0.05) is 25.6 Å². The molecule has 0 saturated carbocycles. The Morgan fingerprint density at radius 2 is 2.12 bits per heavy atom. The van der Waals surface area contributed by atoms with Gasteiger partial charge in [0.05, 0.1) is 12.5 Å². The van der Waals surface area contributed by atoms with Crippen molar-refractivity contribution in [2.24, 2.45) is 11.8 Å². The molecular formula is C18H22N4O2. The van der Waals surface area contributed by atoms with Crippen LogP contribution in [0.5, 0.6) is 0 Å². The lowest BCUT2D eigenvalue weighted by atomic mass is 9.87. The molecule has 0 radical (unpaired) electrons. The van der Waals surface area contributed by atoms with E-state index in [1.165, 1.54) is 11.1 Å². The molecule has 24 heavy (non-hydrogen) atoms. The van der Waals surface area contributed by atoms with Crippen molar-refractivity contribution in [3.05, 3.63) is 46.8 Å². The molecule has 1 amide bonds. The van der Waals surface area contributed by atoms with Crippen LogP contribution in [0, 0.1) is 25.7 Å². The molecule has 2 aliphatic rings. The Bertz CT molecular complexity index is 757. The van der Waals surface area contributed by atoms with Crippen molar-refractivity contribution in [2.75, 3.05) is 19.6 Å². The van der Waals surface area contributed by atoms with Gasteiger partial charge in [-0.05, 0) is 30.9 Å². The van der Waals surface area contributed by atoms with Crippen molar-refractivity contribution >= 4 is 5.91 Å². The molecular weight excluding hydrogens is 304 g/mol. The van der Waals surface area contributed by atoms with E-state index in [1.807, 2.05) is 11.8 Å². The zero-order chi connectivity index (χ0) is 16.7. The standard InChI is InChI=1S/C18H22N4O2/c1-11-5-3-4-6-14(11)18-15-9-19-8-13(15)10-22(18)17(23)7-16-12(2)20-24-21-16/h3-6,13,15,18-19H,7-10H2,1-2H3/t13-,15-,18-/m0/s1. The predicted molar refractivity (Wildman–Crippen MR) is 88.2 cm³/mol. The van der Waals surface area contributed by atoms with Gasteiger partial charge in [-0.25, -0.2) is 4.63 Å². The molecule has 1 aromatic heterocycles. The maximum atomic E-state index is 13.0. The minimum atomic E-state index is 0.108. The summed E-state index contributed by atoms with van der Waals surface area (Å²) in [5, 5.41) is 11.1. The van der Waals surface area contributed by atoms with Crippen LogP contribution >= 0.6 is 0 Å². The summed E-state index contributed by atoms with van der Waals surface area (Å²) in [6.45, 7) is 6.71. The molecule has 0 unspecified atom stereocenters. The van der Waals surface area contributed by atoms with E-state index in [0.29, 0.717) is 23.2 Å². The summed E-state index contributed by atoms with van der Waals surface area (Å²) in [5.74, 6) is 1.11. The molecule has 1 aromatic carbocycles. The number of nitrogens with zero attached hydrogens (tertiary/aromatic N) is 3. The number of hydrogen-bond acceptors (Lipinski definition) is 5. The Hall–Kier alpha value is -2.21. The van der Waals surface area contributed by atoms with E-state index < -0.39 is 0 Å². The normalized spacial score (nSPS) is 25.9. The molecule has 1 N–H and O–H groups in total. The van der Waals surface area contributed by atoms with Crippen LogP contribution in [0.3, 0.4) is 0 Å². The molecule has 3 atom stereocenters. The second kappa shape index (κ2) is 6.02. The third-order valence-electron chi connectivity index (χ3n) is 5.46. The Kier molecular flexibility index (Phi) is 3.84. The first-order valence-corrected chi connectivity index (χ1v) is 8.49. The largest absolute Gasteiger partial charge is 0.335 e. The molecule has 0 spiro atoms. The summed E-state index contributed by atoms with van der Waals surface area (Å²) in [7, 11) is 0. The fourth-order valence-electron chi connectivity index (χ4n) is 4.15. The highest BCUT2D eigenvalue weighted by Crippen LogP contribution is 2.43. The number of amides is 1. The number of fused-ring (bicyclic) bond motifs is 1. The van der Waals surface area contributed by atoms with Crippen molar-refractivity contribution in [1.82, 2.24) is 20.5 Å². The second-order valence-corrected chi connectivity index (χ2v) is 6.90. The van der Waals surface area contributed by atoms with Crippen LogP contribution in [-0.4, -0.2) is 40.8 Å². The number of carbonyl (C=O) groups excluding carboxylic acids is 1. The average molecular weight is 326 g/mol. The van der Waals surface area contributed by atoms with E-state index in [2.05, 4.69) is 46.8 Å². The number of aryl methyl sites for hydroxylation is 2. The maximum Gasteiger partial charge on any atom is 0.229 e. The van der Waals surface area contributed by atoms with Crippen LogP contribution in [0.25, 0.3) is 0 Å². The Labute approximate surface area is 141 Å². The monoisotopic (exact) mass is 326 g/mol. The van der Waals surface area contributed by atoms with Gasteiger partial charge in [0.15, 0.2) is 0 Å². The number of aromatic nitrogens is 2. The molecule has 126 valence electrons. The summed E-state index contributed by atoms with van der Waals surface area (Å²) >= 11 is 0. The first-order chi connectivity index (χ1) is 11.6. The van der Waals surface area contributed by atoms with Gasteiger partial charge in [-0.2, -0.15) is 0 Å². The molecule has 2 aromatic rings. The van der Waals surface area contributed by atoms with Gasteiger partial charge in [-0.15, -0.1) is 0 Å². The van der Waals surface area contributed by atoms with Gasteiger partial charge in [-0.1, -0.05) is 34.6 Å². The lowest BCUT2D eigenvalue weighted by molar-refractivity contribution is -0.132. The topological polar surface area (TPSA) is 71.3 Å². The summed E-state index contributed by atoms with van der Waals surface area (Å²) in [6, 6.07) is 8.53. The minimum Gasteiger partial charge on any atom is -0.335 e. The SMILES string of the molecule is Cc1ccccc1[C@H]1[C@H]2CNC[C@H]2CN1C(=O)Cc1nonc1C. The highest BCUT2D eigenvalue weighted by molar-refractivity contribution is 5.79. The molecule has 2 saturated heterocycles. The minimum absolute atomic E-state index is 0.108. The first kappa shape index (κ1) is 15.3. The highest BCUT2D eigenvalue weighted by atomic mass is 16.6. The van der Waals surface area contributed by atoms with E-state index in [1.54, 1.807) is 0 Å². The molecule has 6 heteroatoms. The van der Waals surface area contributed by atoms with Crippen molar-refractivity contribution in [1.29, 1.82) is 0 Å². The van der Waals surface area contributed by atoms with E-state index >= 15 is 0 Å². The van der Waals surface area contributed by atoms with Gasteiger partial charge >= 0.3 is 0 Å². The molecule has 0 aliphatic carbocycles.